The van der Waals surface area contributed by atoms with Gasteiger partial charge in [0, 0.05) is 34.5 Å². The third kappa shape index (κ3) is 3.33. The molecule has 0 bridgehead atoms. The minimum Gasteiger partial charge on any atom is -0.363 e. The second kappa shape index (κ2) is 6.99. The lowest BCUT2D eigenvalue weighted by Crippen LogP contribution is -2.44. The fraction of sp³-hybridized carbons (Fsp3) is 0.136. The number of halogens is 1. The Morgan fingerprint density at radius 3 is 2.21 bits per heavy atom. The molecule has 148 valence electrons. The first-order chi connectivity index (χ1) is 13.7. The van der Waals surface area contributed by atoms with Crippen LogP contribution in [-0.4, -0.2) is 30.6 Å². The van der Waals surface area contributed by atoms with E-state index in [1.807, 2.05) is 0 Å². The summed E-state index contributed by atoms with van der Waals surface area (Å²) in [5.41, 5.74) is 0.491. The minimum absolute atomic E-state index is 0.108. The quantitative estimate of drug-likeness (QED) is 0.690. The van der Waals surface area contributed by atoms with Crippen LogP contribution in [0.4, 0.5) is 0 Å². The molecule has 1 atom stereocenters. The second-order valence-electron chi connectivity index (χ2n) is 7.03. The number of hydrogen-bond acceptors (Lipinski definition) is 4. The van der Waals surface area contributed by atoms with E-state index in [1.54, 1.807) is 60.7 Å². The first kappa shape index (κ1) is 19.6. The summed E-state index contributed by atoms with van der Waals surface area (Å²) in [6, 6.07) is 20.0. The van der Waals surface area contributed by atoms with Gasteiger partial charge in [-0.05, 0) is 35.9 Å². The maximum atomic E-state index is 13.1. The van der Waals surface area contributed by atoms with Gasteiger partial charge < -0.3 is 5.11 Å². The summed E-state index contributed by atoms with van der Waals surface area (Å²) in [5, 5.41) is 12.3. The maximum absolute atomic E-state index is 13.1. The number of aliphatic hydroxyl groups is 1. The molecule has 1 aliphatic rings. The van der Waals surface area contributed by atoms with Crippen molar-refractivity contribution < 1.29 is 18.3 Å². The molecule has 0 saturated heterocycles. The molecule has 0 aromatic heterocycles. The SMILES string of the molecule is CS(=O)(=O)c1ccc(CN2C(=O)c3ccccc3C2(O)c2ccc(Cl)cc2)cc1. The highest BCUT2D eigenvalue weighted by molar-refractivity contribution is 7.90. The molecular formula is C22H18ClNO4S. The van der Waals surface area contributed by atoms with Gasteiger partial charge in [0.1, 0.15) is 0 Å². The van der Waals surface area contributed by atoms with Gasteiger partial charge in [-0.25, -0.2) is 8.42 Å². The molecule has 0 fully saturated rings. The van der Waals surface area contributed by atoms with Gasteiger partial charge in [0.25, 0.3) is 5.91 Å². The summed E-state index contributed by atoms with van der Waals surface area (Å²) < 4.78 is 23.4. The Balaban J connectivity index is 1.79. The Morgan fingerprint density at radius 1 is 0.966 bits per heavy atom. The van der Waals surface area contributed by atoms with Gasteiger partial charge in [-0.15, -0.1) is 0 Å². The molecule has 1 heterocycles. The van der Waals surface area contributed by atoms with Crippen molar-refractivity contribution in [2.24, 2.45) is 0 Å². The van der Waals surface area contributed by atoms with Crippen LogP contribution in [0.2, 0.25) is 5.02 Å². The van der Waals surface area contributed by atoms with Crippen LogP contribution in [-0.2, 0) is 22.1 Å². The van der Waals surface area contributed by atoms with Crippen molar-refractivity contribution in [3.05, 3.63) is 100 Å². The second-order valence-corrected chi connectivity index (χ2v) is 9.48. The predicted octanol–water partition coefficient (Wildman–Crippen LogP) is 3.59. The average Bonchev–Trinajstić information content (AvgIpc) is 2.91. The number of rotatable bonds is 4. The van der Waals surface area contributed by atoms with Crippen LogP contribution in [0.25, 0.3) is 0 Å². The number of amides is 1. The topological polar surface area (TPSA) is 74.7 Å². The van der Waals surface area contributed by atoms with Crippen molar-refractivity contribution in [2.45, 2.75) is 17.2 Å². The smallest absolute Gasteiger partial charge is 0.257 e. The highest BCUT2D eigenvalue weighted by Crippen LogP contribution is 2.43. The number of hydrogen-bond donors (Lipinski definition) is 1. The molecule has 0 saturated carbocycles. The van der Waals surface area contributed by atoms with Crippen LogP contribution in [0.15, 0.2) is 77.7 Å². The summed E-state index contributed by atoms with van der Waals surface area (Å²) >= 11 is 6.00. The van der Waals surface area contributed by atoms with Crippen molar-refractivity contribution in [1.29, 1.82) is 0 Å². The Morgan fingerprint density at radius 2 is 1.59 bits per heavy atom. The molecule has 3 aromatic rings. The van der Waals surface area contributed by atoms with Crippen LogP contribution in [0.1, 0.15) is 27.0 Å². The molecule has 3 aromatic carbocycles. The van der Waals surface area contributed by atoms with Crippen molar-refractivity contribution in [2.75, 3.05) is 6.26 Å². The third-order valence-electron chi connectivity index (χ3n) is 5.11. The van der Waals surface area contributed by atoms with Gasteiger partial charge in [-0.3, -0.25) is 9.69 Å². The van der Waals surface area contributed by atoms with Gasteiger partial charge in [0.05, 0.1) is 4.90 Å². The first-order valence-corrected chi connectivity index (χ1v) is 11.2. The summed E-state index contributed by atoms with van der Waals surface area (Å²) in [7, 11) is -3.31. The summed E-state index contributed by atoms with van der Waals surface area (Å²) in [4.78, 5) is 14.7. The number of benzene rings is 3. The van der Waals surface area contributed by atoms with E-state index in [0.717, 1.165) is 6.26 Å². The zero-order valence-corrected chi connectivity index (χ0v) is 17.1. The molecule has 1 aliphatic heterocycles. The van der Waals surface area contributed by atoms with E-state index < -0.39 is 15.6 Å². The van der Waals surface area contributed by atoms with Gasteiger partial charge in [0.2, 0.25) is 0 Å². The van der Waals surface area contributed by atoms with Crippen LogP contribution in [0.3, 0.4) is 0 Å². The summed E-state index contributed by atoms with van der Waals surface area (Å²) in [6.45, 7) is 0.108. The lowest BCUT2D eigenvalue weighted by atomic mass is 9.93. The van der Waals surface area contributed by atoms with Crippen LogP contribution in [0, 0.1) is 0 Å². The molecule has 1 amide bonds. The van der Waals surface area contributed by atoms with Crippen LogP contribution >= 0.6 is 11.6 Å². The van der Waals surface area contributed by atoms with E-state index in [4.69, 9.17) is 11.6 Å². The Hall–Kier alpha value is -2.67. The van der Waals surface area contributed by atoms with E-state index in [9.17, 15) is 18.3 Å². The molecule has 1 unspecified atom stereocenters. The van der Waals surface area contributed by atoms with E-state index in [1.165, 1.54) is 17.0 Å². The molecule has 0 radical (unpaired) electrons. The normalized spacial score (nSPS) is 18.7. The van der Waals surface area contributed by atoms with Crippen molar-refractivity contribution in [3.63, 3.8) is 0 Å². The summed E-state index contributed by atoms with van der Waals surface area (Å²) in [5.74, 6) is -0.301. The molecule has 4 rings (SSSR count). The fourth-order valence-electron chi connectivity index (χ4n) is 3.62. The third-order valence-corrected chi connectivity index (χ3v) is 6.49. The molecule has 0 spiro atoms. The first-order valence-electron chi connectivity index (χ1n) is 8.90. The monoisotopic (exact) mass is 427 g/mol. The zero-order valence-electron chi connectivity index (χ0n) is 15.5. The van der Waals surface area contributed by atoms with E-state index in [2.05, 4.69) is 0 Å². The lowest BCUT2D eigenvalue weighted by Gasteiger charge is -2.35. The Kier molecular flexibility index (Phi) is 4.73. The summed E-state index contributed by atoms with van der Waals surface area (Å²) in [6.07, 6.45) is 1.14. The van der Waals surface area contributed by atoms with Crippen molar-refractivity contribution in [3.8, 4) is 0 Å². The van der Waals surface area contributed by atoms with E-state index in [0.29, 0.717) is 27.3 Å². The molecule has 29 heavy (non-hydrogen) atoms. The number of fused-ring (bicyclic) bond motifs is 1. The molecule has 7 heteroatoms. The van der Waals surface area contributed by atoms with Gasteiger partial charge in [-0.1, -0.05) is 54.1 Å². The molecule has 0 aliphatic carbocycles. The highest BCUT2D eigenvalue weighted by atomic mass is 35.5. The number of sulfone groups is 1. The van der Waals surface area contributed by atoms with Gasteiger partial charge in [0.15, 0.2) is 15.6 Å². The molecule has 1 N–H and O–H groups in total. The van der Waals surface area contributed by atoms with Crippen molar-refractivity contribution >= 4 is 27.3 Å². The maximum Gasteiger partial charge on any atom is 0.257 e. The number of nitrogens with zero attached hydrogens (tertiary/aromatic N) is 1. The van der Waals surface area contributed by atoms with Crippen LogP contribution < -0.4 is 0 Å². The van der Waals surface area contributed by atoms with Crippen molar-refractivity contribution in [1.82, 2.24) is 4.90 Å². The average molecular weight is 428 g/mol. The molecular weight excluding hydrogens is 410 g/mol. The van der Waals surface area contributed by atoms with Gasteiger partial charge in [-0.2, -0.15) is 0 Å². The van der Waals surface area contributed by atoms with Crippen LogP contribution in [0.5, 0.6) is 0 Å². The molecule has 5 nitrogen and oxygen atoms in total. The van der Waals surface area contributed by atoms with E-state index >= 15 is 0 Å². The largest absolute Gasteiger partial charge is 0.363 e. The minimum atomic E-state index is -3.31. The highest BCUT2D eigenvalue weighted by Gasteiger charge is 2.49. The fourth-order valence-corrected chi connectivity index (χ4v) is 4.37. The predicted molar refractivity (Wildman–Crippen MR) is 110 cm³/mol. The standard InChI is InChI=1S/C22H18ClNO4S/c1-29(27,28)18-12-6-15(7-13-18)14-24-21(25)19-4-2-3-5-20(19)22(24,26)16-8-10-17(23)11-9-16/h2-13,26H,14H2,1H3. The van der Waals surface area contributed by atoms with E-state index in [-0.39, 0.29) is 17.3 Å². The number of carbonyl (C=O) groups excluding carboxylic acids is 1. The lowest BCUT2D eigenvalue weighted by molar-refractivity contribution is -0.0543. The zero-order chi connectivity index (χ0) is 20.8. The van der Waals surface area contributed by atoms with Gasteiger partial charge >= 0.3 is 0 Å². The number of carbonyl (C=O) groups is 1. The Bertz CT molecular complexity index is 1190. The Labute approximate surface area is 174 Å².